The Kier molecular flexibility index (Phi) is 8.71. The number of benzene rings is 2. The summed E-state index contributed by atoms with van der Waals surface area (Å²) in [6, 6.07) is 13.9. The first-order valence-electron chi connectivity index (χ1n) is 11.1. The van der Waals surface area contributed by atoms with E-state index in [9.17, 15) is 13.2 Å². The maximum absolute atomic E-state index is 13.3. The monoisotopic (exact) mass is 489 g/mol. The van der Waals surface area contributed by atoms with Crippen LogP contribution in [0.15, 0.2) is 59.5 Å². The normalized spacial score (nSPS) is 16.0. The summed E-state index contributed by atoms with van der Waals surface area (Å²) >= 11 is 0. The average molecular weight is 490 g/mol. The molecule has 2 aromatic carbocycles. The molecule has 1 heterocycles. The molecule has 0 aliphatic carbocycles. The third-order valence-corrected chi connectivity index (χ3v) is 8.59. The number of sulfone groups is 1. The molecule has 0 aromatic heterocycles. The molecule has 0 radical (unpaired) electrons. The lowest BCUT2D eigenvalue weighted by Gasteiger charge is -2.34. The summed E-state index contributed by atoms with van der Waals surface area (Å²) in [6.07, 6.45) is 3.74. The highest BCUT2D eigenvalue weighted by Gasteiger charge is 2.52. The van der Waals surface area contributed by atoms with Gasteiger partial charge in [0.05, 0.1) is 18.6 Å². The van der Waals surface area contributed by atoms with Crippen LogP contribution in [0.4, 0.5) is 0 Å². The third kappa shape index (κ3) is 5.60. The summed E-state index contributed by atoms with van der Waals surface area (Å²) in [6.45, 7) is 2.79. The summed E-state index contributed by atoms with van der Waals surface area (Å²) in [7, 11) is -2.40. The van der Waals surface area contributed by atoms with Crippen LogP contribution in [0.2, 0.25) is 0 Å². The number of allylic oxidation sites excluding steroid dienone is 2. The number of carbonyl (C=O) groups excluding carboxylic acids is 1. The topological polar surface area (TPSA) is 111 Å². The van der Waals surface area contributed by atoms with Crippen molar-refractivity contribution in [3.05, 3.63) is 60.2 Å². The molecule has 1 fully saturated rings. The molecule has 1 amide bonds. The minimum Gasteiger partial charge on any atom is -0.497 e. The van der Waals surface area contributed by atoms with E-state index in [4.69, 9.17) is 19.4 Å². The van der Waals surface area contributed by atoms with Crippen LogP contribution in [-0.2, 0) is 19.4 Å². The maximum Gasteiger partial charge on any atom is 0.265 e. The highest BCUT2D eigenvalue weighted by molar-refractivity contribution is 7.93. The second-order valence-electron chi connectivity index (χ2n) is 8.13. The fourth-order valence-electron chi connectivity index (χ4n) is 3.93. The molecule has 2 N–H and O–H groups in total. The van der Waals surface area contributed by atoms with Crippen LogP contribution in [0.3, 0.4) is 0 Å². The molecule has 0 spiro atoms. The van der Waals surface area contributed by atoms with E-state index in [1.807, 2.05) is 24.3 Å². The van der Waals surface area contributed by atoms with E-state index in [1.54, 1.807) is 19.2 Å². The van der Waals surface area contributed by atoms with E-state index in [0.29, 0.717) is 12.4 Å². The molecular weight excluding hydrogens is 458 g/mol. The number of carbonyl (C=O) groups is 1. The number of amides is 1. The van der Waals surface area contributed by atoms with E-state index in [0.717, 1.165) is 24.2 Å². The molecular formula is C25H31NO7S. The zero-order valence-electron chi connectivity index (χ0n) is 19.5. The average Bonchev–Trinajstić information content (AvgIpc) is 2.88. The standard InChI is InChI=1S/C25H31NO7S/c1-19(20-6-8-21(31-2)9-7-20)5-3-4-16-33-22-10-12-23(13-11-22)34(29,30)25(24(27)26-28)14-17-32-18-15-25/h5-13,28H,3-4,14-18H2,1-2H3,(H,26,27). The highest BCUT2D eigenvalue weighted by atomic mass is 32.2. The molecule has 1 aliphatic rings. The number of ether oxygens (including phenoxy) is 3. The predicted octanol–water partition coefficient (Wildman–Crippen LogP) is 3.79. The third-order valence-electron chi connectivity index (χ3n) is 6.08. The van der Waals surface area contributed by atoms with Crippen LogP contribution >= 0.6 is 0 Å². The van der Waals surface area contributed by atoms with Crippen molar-refractivity contribution in [2.45, 2.75) is 42.2 Å². The van der Waals surface area contributed by atoms with Crippen LogP contribution in [0.5, 0.6) is 11.5 Å². The number of hydrogen-bond acceptors (Lipinski definition) is 7. The van der Waals surface area contributed by atoms with Crippen molar-refractivity contribution in [3.63, 3.8) is 0 Å². The quantitative estimate of drug-likeness (QED) is 0.297. The van der Waals surface area contributed by atoms with Crippen LogP contribution in [0.25, 0.3) is 5.57 Å². The van der Waals surface area contributed by atoms with E-state index in [-0.39, 0.29) is 31.0 Å². The fourth-order valence-corrected chi connectivity index (χ4v) is 5.86. The molecule has 0 atom stereocenters. The molecule has 2 aromatic rings. The molecule has 1 saturated heterocycles. The molecule has 34 heavy (non-hydrogen) atoms. The van der Waals surface area contributed by atoms with Gasteiger partial charge < -0.3 is 14.2 Å². The van der Waals surface area contributed by atoms with E-state index >= 15 is 0 Å². The Morgan fingerprint density at radius 3 is 2.29 bits per heavy atom. The van der Waals surface area contributed by atoms with Crippen molar-refractivity contribution >= 4 is 21.3 Å². The SMILES string of the molecule is COc1ccc(C(C)=CCCCOc2ccc(S(=O)(=O)C3(C(=O)NO)CCOCC3)cc2)cc1. The summed E-state index contributed by atoms with van der Waals surface area (Å²) in [5, 5.41) is 9.13. The van der Waals surface area contributed by atoms with Crippen LogP contribution in [0, 0.1) is 0 Å². The molecule has 3 rings (SSSR count). The Balaban J connectivity index is 1.56. The van der Waals surface area contributed by atoms with Gasteiger partial charge in [-0.1, -0.05) is 18.2 Å². The second-order valence-corrected chi connectivity index (χ2v) is 10.4. The van der Waals surface area contributed by atoms with Crippen molar-refractivity contribution in [1.82, 2.24) is 5.48 Å². The Labute approximate surface area is 200 Å². The number of hydrogen-bond donors (Lipinski definition) is 2. The van der Waals surface area contributed by atoms with Gasteiger partial charge in [0.2, 0.25) is 0 Å². The van der Waals surface area contributed by atoms with Crippen LogP contribution in [-0.4, -0.2) is 51.2 Å². The van der Waals surface area contributed by atoms with Gasteiger partial charge in [0, 0.05) is 13.2 Å². The number of nitrogens with one attached hydrogen (secondary N) is 1. The predicted molar refractivity (Wildman–Crippen MR) is 128 cm³/mol. The first-order chi connectivity index (χ1) is 16.3. The minimum atomic E-state index is -4.04. The van der Waals surface area contributed by atoms with E-state index in [1.165, 1.54) is 23.2 Å². The van der Waals surface area contributed by atoms with Crippen molar-refractivity contribution in [2.24, 2.45) is 0 Å². The van der Waals surface area contributed by atoms with E-state index in [2.05, 4.69) is 13.0 Å². The molecule has 184 valence electrons. The largest absolute Gasteiger partial charge is 0.497 e. The van der Waals surface area contributed by atoms with Crippen molar-refractivity contribution in [1.29, 1.82) is 0 Å². The lowest BCUT2D eigenvalue weighted by Crippen LogP contribution is -2.54. The molecule has 9 heteroatoms. The van der Waals surface area contributed by atoms with Gasteiger partial charge in [0.1, 0.15) is 11.5 Å². The Hall–Kier alpha value is -2.88. The number of unbranched alkanes of at least 4 members (excludes halogenated alkanes) is 1. The number of methoxy groups -OCH3 is 1. The van der Waals surface area contributed by atoms with Gasteiger partial charge >= 0.3 is 0 Å². The zero-order chi connectivity index (χ0) is 24.6. The Morgan fingerprint density at radius 2 is 1.71 bits per heavy atom. The van der Waals surface area contributed by atoms with Gasteiger partial charge in [-0.05, 0) is 80.1 Å². The van der Waals surface area contributed by atoms with Crippen LogP contribution < -0.4 is 15.0 Å². The molecule has 8 nitrogen and oxygen atoms in total. The van der Waals surface area contributed by atoms with Gasteiger partial charge in [-0.25, -0.2) is 13.9 Å². The minimum absolute atomic E-state index is 0.00315. The first-order valence-corrected chi connectivity index (χ1v) is 12.6. The summed E-state index contributed by atoms with van der Waals surface area (Å²) in [4.78, 5) is 12.3. The highest BCUT2D eigenvalue weighted by Crippen LogP contribution is 2.35. The van der Waals surface area contributed by atoms with Gasteiger partial charge in [0.15, 0.2) is 14.6 Å². The van der Waals surface area contributed by atoms with E-state index < -0.39 is 20.5 Å². The maximum atomic E-state index is 13.3. The fraction of sp³-hybridized carbons (Fsp3) is 0.400. The lowest BCUT2D eigenvalue weighted by molar-refractivity contribution is -0.134. The van der Waals surface area contributed by atoms with Crippen molar-refractivity contribution < 1.29 is 32.6 Å². The Bertz CT molecular complexity index is 1090. The summed E-state index contributed by atoms with van der Waals surface area (Å²) < 4.78 is 40.9. The van der Waals surface area contributed by atoms with Crippen LogP contribution in [0.1, 0.15) is 38.2 Å². The van der Waals surface area contributed by atoms with Crippen molar-refractivity contribution in [3.8, 4) is 11.5 Å². The first kappa shape index (κ1) is 25.7. The molecule has 0 unspecified atom stereocenters. The summed E-state index contributed by atoms with van der Waals surface area (Å²) in [5.41, 5.74) is 3.82. The van der Waals surface area contributed by atoms with Gasteiger partial charge in [0.25, 0.3) is 5.91 Å². The van der Waals surface area contributed by atoms with Gasteiger partial charge in [-0.15, -0.1) is 0 Å². The molecule has 0 saturated carbocycles. The number of rotatable bonds is 10. The van der Waals surface area contributed by atoms with Gasteiger partial charge in [-0.2, -0.15) is 0 Å². The zero-order valence-corrected chi connectivity index (χ0v) is 20.3. The summed E-state index contributed by atoms with van der Waals surface area (Å²) in [5.74, 6) is 0.430. The Morgan fingerprint density at radius 1 is 1.09 bits per heavy atom. The molecule has 0 bridgehead atoms. The second kappa shape index (κ2) is 11.5. The molecule has 1 aliphatic heterocycles. The van der Waals surface area contributed by atoms with Crippen molar-refractivity contribution in [2.75, 3.05) is 26.9 Å². The smallest absolute Gasteiger partial charge is 0.265 e. The van der Waals surface area contributed by atoms with Gasteiger partial charge in [-0.3, -0.25) is 10.0 Å². The lowest BCUT2D eigenvalue weighted by atomic mass is 9.98. The number of hydroxylamine groups is 1.